The zero-order valence-electron chi connectivity index (χ0n) is 22.1. The Labute approximate surface area is 230 Å². The summed E-state index contributed by atoms with van der Waals surface area (Å²) in [7, 11) is 0. The molecule has 1 heterocycles. The van der Waals surface area contributed by atoms with E-state index in [0.29, 0.717) is 0 Å². The maximum absolute atomic E-state index is 2.72. The highest BCUT2D eigenvalue weighted by Crippen LogP contribution is 2.67. The van der Waals surface area contributed by atoms with E-state index in [9.17, 15) is 0 Å². The lowest BCUT2D eigenvalue weighted by atomic mass is 9.80. The highest BCUT2D eigenvalue weighted by atomic mass is 127. The third kappa shape index (κ3) is 4.65. The Morgan fingerprint density at radius 2 is 0.917 bits per heavy atom. The first kappa shape index (κ1) is 25.5. The Balaban J connectivity index is 1.60. The largest absolute Gasteiger partial charge is 0.323 e. The number of nitrogens with zero attached hydrogens (tertiary/aromatic N) is 2. The molecule has 0 fully saturated rings. The van der Waals surface area contributed by atoms with Gasteiger partial charge in [-0.05, 0) is 65.5 Å². The molecule has 0 N–H and O–H groups in total. The topological polar surface area (TPSA) is 6.48 Å². The minimum absolute atomic E-state index is 0.0624. The molecule has 0 spiro atoms. The van der Waals surface area contributed by atoms with Gasteiger partial charge in [-0.2, -0.15) is 0 Å². The molecule has 4 aromatic rings. The summed E-state index contributed by atoms with van der Waals surface area (Å²) >= 11 is 2.72. The van der Waals surface area contributed by atoms with Crippen LogP contribution < -0.4 is 0 Å². The number of fused-ring (bicyclic) bond motifs is 2. The van der Waals surface area contributed by atoms with E-state index < -0.39 is 5.87 Å². The van der Waals surface area contributed by atoms with E-state index in [1.165, 1.54) is 32.7 Å². The maximum atomic E-state index is 2.72. The van der Waals surface area contributed by atoms with Crippen molar-refractivity contribution in [3.05, 3.63) is 108 Å². The first-order valence-corrected chi connectivity index (χ1v) is 16.8. The molecule has 0 amide bonds. The summed E-state index contributed by atoms with van der Waals surface area (Å²) in [6.07, 6.45) is 4.72. The van der Waals surface area contributed by atoms with Gasteiger partial charge in [-0.15, -0.1) is 0 Å². The molecule has 1 aliphatic heterocycles. The molecule has 2 nitrogen and oxygen atoms in total. The first-order valence-electron chi connectivity index (χ1n) is 12.7. The second-order valence-electron chi connectivity index (χ2n) is 12.0. The van der Waals surface area contributed by atoms with Crippen molar-refractivity contribution in [2.24, 2.45) is 10.8 Å². The van der Waals surface area contributed by atoms with Crippen LogP contribution >= 0.6 is 27.9 Å². The van der Waals surface area contributed by atoms with Crippen LogP contribution in [-0.4, -0.2) is 9.34 Å². The van der Waals surface area contributed by atoms with Crippen LogP contribution in [0.15, 0.2) is 97.3 Å². The molecule has 0 radical (unpaired) electrons. The lowest BCUT2D eigenvalue weighted by Gasteiger charge is -2.45. The second-order valence-corrected chi connectivity index (χ2v) is 16.0. The second kappa shape index (κ2) is 9.65. The van der Waals surface area contributed by atoms with Gasteiger partial charge < -0.3 is 9.34 Å². The summed E-state index contributed by atoms with van der Waals surface area (Å²) in [5.41, 5.74) is 2.95. The standard InChI is InChI=1S/C32H36IN2P/c1-31(2,3)29(27-19-11-15-23-13-7-9-17-25(23)27)34-21-22-35(36(34)33)30(32(4,5)6)28-20-12-16-24-14-8-10-18-26(24)28/h7-22,29-30H,1-6H3/t29-,30-/m1/s1. The molecule has 0 unspecified atom stereocenters. The van der Waals surface area contributed by atoms with Crippen molar-refractivity contribution >= 4 is 49.5 Å². The van der Waals surface area contributed by atoms with Gasteiger partial charge in [-0.3, -0.25) is 0 Å². The van der Waals surface area contributed by atoms with Crippen molar-refractivity contribution in [3.8, 4) is 0 Å². The fraction of sp³-hybridized carbons (Fsp3) is 0.312. The van der Waals surface area contributed by atoms with E-state index in [-0.39, 0.29) is 22.9 Å². The molecule has 4 heteroatoms. The van der Waals surface area contributed by atoms with Gasteiger partial charge in [0, 0.05) is 12.4 Å². The summed E-state index contributed by atoms with van der Waals surface area (Å²) < 4.78 is 5.28. The highest BCUT2D eigenvalue weighted by Gasteiger charge is 2.43. The monoisotopic (exact) mass is 606 g/mol. The number of benzene rings is 4. The lowest BCUT2D eigenvalue weighted by molar-refractivity contribution is 0.213. The fourth-order valence-corrected chi connectivity index (χ4v) is 9.98. The highest BCUT2D eigenvalue weighted by molar-refractivity contribution is 14.2. The van der Waals surface area contributed by atoms with Gasteiger partial charge >= 0.3 is 0 Å². The van der Waals surface area contributed by atoms with Crippen molar-refractivity contribution in [1.82, 2.24) is 9.34 Å². The zero-order valence-corrected chi connectivity index (χ0v) is 25.2. The zero-order chi connectivity index (χ0) is 25.7. The Hall–Kier alpha value is -2.10. The number of hydrogen-bond donors (Lipinski definition) is 0. The average molecular weight is 607 g/mol. The molecular formula is C32H36IN2P. The number of hydrogen-bond acceptors (Lipinski definition) is 2. The quantitative estimate of drug-likeness (QED) is 0.169. The summed E-state index contributed by atoms with van der Waals surface area (Å²) in [5.74, 6) is -0.632. The van der Waals surface area contributed by atoms with E-state index in [4.69, 9.17) is 0 Å². The Bertz CT molecular complexity index is 1300. The lowest BCUT2D eigenvalue weighted by Crippen LogP contribution is -2.33. The van der Waals surface area contributed by atoms with Gasteiger partial charge in [-0.25, -0.2) is 0 Å². The van der Waals surface area contributed by atoms with Gasteiger partial charge in [0.2, 0.25) is 0 Å². The molecule has 0 saturated carbocycles. The summed E-state index contributed by atoms with van der Waals surface area (Å²) in [4.78, 5) is 0. The van der Waals surface area contributed by atoms with E-state index in [0.717, 1.165) is 0 Å². The van der Waals surface area contributed by atoms with Crippen molar-refractivity contribution < 1.29 is 0 Å². The van der Waals surface area contributed by atoms with Crippen molar-refractivity contribution in [2.45, 2.75) is 53.6 Å². The SMILES string of the molecule is CC(C)(C)[C@@H](c1cccc2ccccc12)N1C=CN([C@H](c2cccc3ccccc23)C(C)(C)C)P1I. The van der Waals surface area contributed by atoms with Crippen LogP contribution in [-0.2, 0) is 0 Å². The smallest absolute Gasteiger partial charge is 0.163 e. The molecule has 2 atom stereocenters. The third-order valence-corrected chi connectivity index (χ3v) is 11.6. The number of rotatable bonds is 4. The van der Waals surface area contributed by atoms with Gasteiger partial charge in [0.15, 0.2) is 5.87 Å². The van der Waals surface area contributed by atoms with Crippen LogP contribution in [0.5, 0.6) is 0 Å². The Kier molecular flexibility index (Phi) is 6.85. The van der Waals surface area contributed by atoms with E-state index in [1.54, 1.807) is 0 Å². The Morgan fingerprint density at radius 1 is 0.556 bits per heavy atom. The first-order chi connectivity index (χ1) is 17.1. The van der Waals surface area contributed by atoms with Crippen molar-refractivity contribution in [2.75, 3.05) is 0 Å². The number of halogens is 1. The van der Waals surface area contributed by atoms with Crippen molar-refractivity contribution in [1.29, 1.82) is 0 Å². The summed E-state index contributed by atoms with van der Waals surface area (Å²) in [6.45, 7) is 14.3. The van der Waals surface area contributed by atoms with Crippen LogP contribution in [0.4, 0.5) is 0 Å². The molecule has 5 rings (SSSR count). The van der Waals surface area contributed by atoms with Gasteiger partial charge in [0.05, 0.1) is 12.1 Å². The van der Waals surface area contributed by atoms with Crippen molar-refractivity contribution in [3.63, 3.8) is 0 Å². The summed E-state index contributed by atoms with van der Waals surface area (Å²) in [6, 6.07) is 31.7. The molecule has 0 saturated heterocycles. The maximum Gasteiger partial charge on any atom is 0.163 e. The minimum atomic E-state index is -0.632. The molecule has 4 aromatic carbocycles. The molecular weight excluding hydrogens is 570 g/mol. The summed E-state index contributed by atoms with van der Waals surface area (Å²) in [5, 5.41) is 5.33. The predicted molar refractivity (Wildman–Crippen MR) is 166 cm³/mol. The van der Waals surface area contributed by atoms with Gasteiger partial charge in [-0.1, -0.05) is 126 Å². The van der Waals surface area contributed by atoms with E-state index >= 15 is 0 Å². The van der Waals surface area contributed by atoms with Crippen LogP contribution in [0, 0.1) is 10.8 Å². The van der Waals surface area contributed by atoms with Gasteiger partial charge in [0.25, 0.3) is 0 Å². The molecule has 0 aromatic heterocycles. The van der Waals surface area contributed by atoms with Crippen LogP contribution in [0.2, 0.25) is 0 Å². The molecule has 0 bridgehead atoms. The van der Waals surface area contributed by atoms with E-state index in [1.807, 2.05) is 0 Å². The third-order valence-electron chi connectivity index (χ3n) is 7.16. The molecule has 0 aliphatic carbocycles. The van der Waals surface area contributed by atoms with E-state index in [2.05, 4.69) is 170 Å². The molecule has 36 heavy (non-hydrogen) atoms. The fourth-order valence-electron chi connectivity index (χ4n) is 5.72. The average Bonchev–Trinajstić information content (AvgIpc) is 3.18. The predicted octanol–water partition coefficient (Wildman–Crippen LogP) is 10.6. The van der Waals surface area contributed by atoms with Crippen LogP contribution in [0.1, 0.15) is 64.8 Å². The van der Waals surface area contributed by atoms with Crippen LogP contribution in [0.3, 0.4) is 0 Å². The molecule has 1 aliphatic rings. The minimum Gasteiger partial charge on any atom is -0.323 e. The normalized spacial score (nSPS) is 16.8. The molecule has 186 valence electrons. The Morgan fingerprint density at radius 3 is 1.31 bits per heavy atom. The van der Waals surface area contributed by atoms with Crippen LogP contribution in [0.25, 0.3) is 21.5 Å². The van der Waals surface area contributed by atoms with Gasteiger partial charge in [0.1, 0.15) is 0 Å².